The van der Waals surface area contributed by atoms with Crippen LogP contribution in [0.25, 0.3) is 16.6 Å². The van der Waals surface area contributed by atoms with E-state index < -0.39 is 17.8 Å². The molecule has 164 valence electrons. The maximum Gasteiger partial charge on any atom is 0.278 e. The average molecular weight is 433 g/mol. The van der Waals surface area contributed by atoms with E-state index in [9.17, 15) is 14.0 Å². The van der Waals surface area contributed by atoms with Crippen LogP contribution in [-0.2, 0) is 4.79 Å². The molecule has 0 saturated carbocycles. The van der Waals surface area contributed by atoms with E-state index in [1.54, 1.807) is 37.6 Å². The van der Waals surface area contributed by atoms with Gasteiger partial charge in [0, 0.05) is 5.69 Å². The van der Waals surface area contributed by atoms with E-state index in [-0.39, 0.29) is 5.56 Å². The first kappa shape index (κ1) is 21.4. The highest BCUT2D eigenvalue weighted by molar-refractivity contribution is 5.94. The number of carbonyl (C=O) groups is 1. The number of amides is 1. The summed E-state index contributed by atoms with van der Waals surface area (Å²) in [5.41, 5.74) is 2.98. The summed E-state index contributed by atoms with van der Waals surface area (Å²) in [6, 6.07) is 13.1. The molecule has 1 amide bonds. The largest absolute Gasteiger partial charge is 0.324 e. The molecule has 0 spiro atoms. The number of nitrogens with one attached hydrogen (secondary N) is 1. The number of fused-ring (bicyclic) bond motifs is 1. The van der Waals surface area contributed by atoms with Gasteiger partial charge < -0.3 is 5.32 Å². The van der Waals surface area contributed by atoms with Crippen LogP contribution in [0.2, 0.25) is 0 Å². The number of anilines is 1. The Balaban J connectivity index is 1.78. The van der Waals surface area contributed by atoms with Crippen molar-refractivity contribution >= 4 is 22.5 Å². The van der Waals surface area contributed by atoms with Gasteiger partial charge >= 0.3 is 0 Å². The van der Waals surface area contributed by atoms with Crippen LogP contribution in [0.4, 0.5) is 10.1 Å². The van der Waals surface area contributed by atoms with Gasteiger partial charge in [0.2, 0.25) is 5.91 Å². The first-order valence-corrected chi connectivity index (χ1v) is 10.4. The average Bonchev–Trinajstić information content (AvgIpc) is 3.13. The van der Waals surface area contributed by atoms with Gasteiger partial charge in [-0.2, -0.15) is 10.2 Å². The fourth-order valence-electron chi connectivity index (χ4n) is 3.78. The van der Waals surface area contributed by atoms with Gasteiger partial charge in [-0.05, 0) is 57.0 Å². The summed E-state index contributed by atoms with van der Waals surface area (Å²) < 4.78 is 16.8. The molecule has 2 heterocycles. The van der Waals surface area contributed by atoms with Crippen molar-refractivity contribution in [2.24, 2.45) is 0 Å². The Bertz CT molecular complexity index is 1370. The number of hydrogen-bond acceptors (Lipinski definition) is 4. The highest BCUT2D eigenvalue weighted by atomic mass is 19.1. The number of halogens is 1. The summed E-state index contributed by atoms with van der Waals surface area (Å²) in [5.74, 6) is -0.843. The van der Waals surface area contributed by atoms with E-state index >= 15 is 0 Å². The van der Waals surface area contributed by atoms with Crippen LogP contribution in [0.15, 0.2) is 53.3 Å². The lowest BCUT2D eigenvalue weighted by atomic mass is 10.1. The van der Waals surface area contributed by atoms with E-state index in [0.717, 1.165) is 5.69 Å². The number of hydrogen-bond donors (Lipinski definition) is 1. The van der Waals surface area contributed by atoms with Crippen molar-refractivity contribution in [1.82, 2.24) is 19.6 Å². The fraction of sp³-hybridized carbons (Fsp3) is 0.250. The molecule has 7 nitrogen and oxygen atoms in total. The summed E-state index contributed by atoms with van der Waals surface area (Å²) in [7, 11) is 0. The molecule has 2 aromatic carbocycles. The molecule has 0 unspecified atom stereocenters. The van der Waals surface area contributed by atoms with Crippen molar-refractivity contribution < 1.29 is 9.18 Å². The first-order chi connectivity index (χ1) is 15.3. The van der Waals surface area contributed by atoms with Crippen LogP contribution in [0.5, 0.6) is 0 Å². The van der Waals surface area contributed by atoms with Crippen molar-refractivity contribution in [2.45, 2.75) is 40.2 Å². The molecule has 1 N–H and O–H groups in total. The SMILES string of the molecule is CC[C@@H](C(=O)Nc1ccc(C)c(F)c1)n1nc(C)c2nn(-c3ccccc3)c(C)c2c1=O. The standard InChI is InChI=1S/C24H24FN5O2/c1-5-20(23(31)26-17-12-11-14(2)19(25)13-17)30-24(32)21-16(4)29(18-9-7-6-8-10-18)28-22(21)15(3)27-30/h6-13,20H,5H2,1-4H3,(H,26,31)/t20-/m0/s1. The highest BCUT2D eigenvalue weighted by Gasteiger charge is 2.25. The molecule has 0 aliphatic rings. The Morgan fingerprint density at radius 2 is 1.81 bits per heavy atom. The number of aromatic nitrogens is 4. The number of nitrogens with zero attached hydrogens (tertiary/aromatic N) is 4. The lowest BCUT2D eigenvalue weighted by molar-refractivity contribution is -0.119. The van der Waals surface area contributed by atoms with Crippen molar-refractivity contribution in [3.8, 4) is 5.69 Å². The molecular weight excluding hydrogens is 409 g/mol. The Morgan fingerprint density at radius 1 is 1.09 bits per heavy atom. The van der Waals surface area contributed by atoms with Crippen LogP contribution in [0.3, 0.4) is 0 Å². The van der Waals surface area contributed by atoms with Gasteiger partial charge in [0.05, 0.1) is 22.5 Å². The zero-order valence-corrected chi connectivity index (χ0v) is 18.4. The number of para-hydroxylation sites is 1. The highest BCUT2D eigenvalue weighted by Crippen LogP contribution is 2.22. The molecule has 0 saturated heterocycles. The summed E-state index contributed by atoms with van der Waals surface area (Å²) in [4.78, 5) is 26.4. The van der Waals surface area contributed by atoms with Crippen LogP contribution in [0.1, 0.15) is 36.3 Å². The summed E-state index contributed by atoms with van der Waals surface area (Å²) in [6.07, 6.45) is 0.337. The third-order valence-corrected chi connectivity index (χ3v) is 5.56. The fourth-order valence-corrected chi connectivity index (χ4v) is 3.78. The Labute approximate surface area is 184 Å². The van der Waals surface area contributed by atoms with Gasteiger partial charge in [-0.15, -0.1) is 0 Å². The lowest BCUT2D eigenvalue weighted by Crippen LogP contribution is -2.35. The predicted octanol–water partition coefficient (Wildman–Crippen LogP) is 4.24. The monoisotopic (exact) mass is 433 g/mol. The molecule has 2 aromatic heterocycles. The van der Waals surface area contributed by atoms with E-state index in [1.807, 2.05) is 37.3 Å². The second kappa shape index (κ2) is 8.37. The number of rotatable bonds is 5. The molecule has 32 heavy (non-hydrogen) atoms. The molecule has 0 aliphatic carbocycles. The van der Waals surface area contributed by atoms with Crippen molar-refractivity contribution in [2.75, 3.05) is 5.32 Å². The molecule has 0 radical (unpaired) electrons. The van der Waals surface area contributed by atoms with Gasteiger partial charge in [-0.1, -0.05) is 31.2 Å². The first-order valence-electron chi connectivity index (χ1n) is 10.4. The summed E-state index contributed by atoms with van der Waals surface area (Å²) >= 11 is 0. The third kappa shape index (κ3) is 3.68. The molecule has 4 rings (SSSR count). The molecule has 8 heteroatoms. The zero-order valence-electron chi connectivity index (χ0n) is 18.4. The molecular formula is C24H24FN5O2. The minimum Gasteiger partial charge on any atom is -0.324 e. The second-order valence-electron chi connectivity index (χ2n) is 7.77. The second-order valence-corrected chi connectivity index (χ2v) is 7.77. The predicted molar refractivity (Wildman–Crippen MR) is 122 cm³/mol. The summed E-state index contributed by atoms with van der Waals surface area (Å²) in [5, 5.41) is 12.1. The number of benzene rings is 2. The van der Waals surface area contributed by atoms with Gasteiger partial charge in [0.25, 0.3) is 5.56 Å². The maximum absolute atomic E-state index is 13.9. The smallest absolute Gasteiger partial charge is 0.278 e. The molecule has 0 fully saturated rings. The van der Waals surface area contributed by atoms with Gasteiger partial charge in [-0.25, -0.2) is 13.8 Å². The Hall–Kier alpha value is -3.81. The van der Waals surface area contributed by atoms with E-state index in [1.165, 1.54) is 10.7 Å². The number of aryl methyl sites for hydroxylation is 3. The van der Waals surface area contributed by atoms with Crippen LogP contribution < -0.4 is 10.9 Å². The zero-order chi connectivity index (χ0) is 23.0. The van der Waals surface area contributed by atoms with Gasteiger partial charge in [0.1, 0.15) is 17.4 Å². The lowest BCUT2D eigenvalue weighted by Gasteiger charge is -2.17. The molecule has 0 bridgehead atoms. The van der Waals surface area contributed by atoms with Crippen molar-refractivity contribution in [3.05, 3.63) is 81.7 Å². The van der Waals surface area contributed by atoms with Crippen LogP contribution in [0, 0.1) is 26.6 Å². The van der Waals surface area contributed by atoms with E-state index in [0.29, 0.717) is 40.0 Å². The summed E-state index contributed by atoms with van der Waals surface area (Å²) in [6.45, 7) is 7.03. The topological polar surface area (TPSA) is 81.8 Å². The Kier molecular flexibility index (Phi) is 5.61. The maximum atomic E-state index is 13.9. The Morgan fingerprint density at radius 3 is 2.47 bits per heavy atom. The van der Waals surface area contributed by atoms with Gasteiger partial charge in [-0.3, -0.25) is 9.59 Å². The minimum atomic E-state index is -0.852. The van der Waals surface area contributed by atoms with Gasteiger partial charge in [0.15, 0.2) is 0 Å². The quantitative estimate of drug-likeness (QED) is 0.511. The van der Waals surface area contributed by atoms with E-state index in [2.05, 4.69) is 15.5 Å². The van der Waals surface area contributed by atoms with Crippen LogP contribution in [-0.4, -0.2) is 25.5 Å². The van der Waals surface area contributed by atoms with Crippen molar-refractivity contribution in [3.63, 3.8) is 0 Å². The molecule has 0 aliphatic heterocycles. The van der Waals surface area contributed by atoms with Crippen molar-refractivity contribution in [1.29, 1.82) is 0 Å². The molecule has 1 atom stereocenters. The van der Waals surface area contributed by atoms with E-state index in [4.69, 9.17) is 0 Å². The molecule has 4 aromatic rings. The van der Waals surface area contributed by atoms with Crippen LogP contribution >= 0.6 is 0 Å². The number of carbonyl (C=O) groups excluding carboxylic acids is 1. The normalized spacial score (nSPS) is 12.2. The third-order valence-electron chi connectivity index (χ3n) is 5.56. The minimum absolute atomic E-state index is 0.329.